The third kappa shape index (κ3) is 3.54. The van der Waals surface area contributed by atoms with Crippen molar-refractivity contribution in [1.82, 2.24) is 10.3 Å². The minimum Gasteiger partial charge on any atom is -0.306 e. The van der Waals surface area contributed by atoms with Crippen LogP contribution >= 0.6 is 0 Å². The molecule has 0 aliphatic rings. The maximum absolute atomic E-state index is 8.79. The van der Waals surface area contributed by atoms with Crippen molar-refractivity contribution in [2.45, 2.75) is 59.5 Å². The van der Waals surface area contributed by atoms with Crippen molar-refractivity contribution in [2.75, 3.05) is 0 Å². The number of aryl methyl sites for hydroxylation is 3. The van der Waals surface area contributed by atoms with Gasteiger partial charge in [-0.1, -0.05) is 6.92 Å². The average molecular weight is 245 g/mol. The molecule has 0 fully saturated rings. The van der Waals surface area contributed by atoms with Crippen LogP contribution in [-0.2, 0) is 0 Å². The maximum atomic E-state index is 8.79. The predicted molar refractivity (Wildman–Crippen MR) is 74.3 cm³/mol. The van der Waals surface area contributed by atoms with E-state index in [1.165, 1.54) is 11.1 Å². The Morgan fingerprint density at radius 1 is 1.39 bits per heavy atom. The lowest BCUT2D eigenvalue weighted by Crippen LogP contribution is -2.31. The second-order valence-corrected chi connectivity index (χ2v) is 4.94. The van der Waals surface area contributed by atoms with Gasteiger partial charge in [0.15, 0.2) is 0 Å². The van der Waals surface area contributed by atoms with Crippen LogP contribution in [0, 0.1) is 32.1 Å². The Labute approximate surface area is 110 Å². The number of hydrogen-bond acceptors (Lipinski definition) is 3. The first-order valence-electron chi connectivity index (χ1n) is 6.57. The summed E-state index contributed by atoms with van der Waals surface area (Å²) in [6.07, 6.45) is 1.52. The lowest BCUT2D eigenvalue weighted by molar-refractivity contribution is 0.445. The van der Waals surface area contributed by atoms with Crippen LogP contribution in [0.2, 0.25) is 0 Å². The molecule has 3 heteroatoms. The zero-order chi connectivity index (χ0) is 13.7. The molecule has 0 aromatic carbocycles. The Balaban J connectivity index is 2.90. The van der Waals surface area contributed by atoms with E-state index in [0.29, 0.717) is 6.42 Å². The maximum Gasteiger partial charge on any atom is 0.0638 e. The van der Waals surface area contributed by atoms with Gasteiger partial charge >= 0.3 is 0 Å². The molecule has 0 aliphatic heterocycles. The summed E-state index contributed by atoms with van der Waals surface area (Å²) >= 11 is 0. The van der Waals surface area contributed by atoms with E-state index in [1.807, 2.05) is 6.92 Å². The van der Waals surface area contributed by atoms with Gasteiger partial charge in [-0.25, -0.2) is 0 Å². The van der Waals surface area contributed by atoms with Crippen LogP contribution in [0.25, 0.3) is 0 Å². The molecule has 1 rings (SSSR count). The molecule has 2 unspecified atom stereocenters. The van der Waals surface area contributed by atoms with Crippen LogP contribution in [0.3, 0.4) is 0 Å². The molecule has 0 amide bonds. The summed E-state index contributed by atoms with van der Waals surface area (Å²) in [4.78, 5) is 4.53. The number of rotatable bonds is 5. The Bertz CT molecular complexity index is 423. The van der Waals surface area contributed by atoms with E-state index in [9.17, 15) is 0 Å². The first-order valence-corrected chi connectivity index (χ1v) is 6.57. The number of nitrogens with zero attached hydrogens (tertiary/aromatic N) is 2. The molecule has 98 valence electrons. The van der Waals surface area contributed by atoms with Gasteiger partial charge in [-0.15, -0.1) is 0 Å². The number of nitrogens with one attached hydrogen (secondary N) is 1. The molecule has 2 atom stereocenters. The van der Waals surface area contributed by atoms with Crippen molar-refractivity contribution < 1.29 is 0 Å². The van der Waals surface area contributed by atoms with Gasteiger partial charge in [-0.05, 0) is 51.3 Å². The van der Waals surface area contributed by atoms with Crippen LogP contribution < -0.4 is 5.32 Å². The zero-order valence-corrected chi connectivity index (χ0v) is 12.0. The second kappa shape index (κ2) is 6.51. The largest absolute Gasteiger partial charge is 0.306 e. The predicted octanol–water partition coefficient (Wildman–Crippen LogP) is 3.35. The average Bonchev–Trinajstić information content (AvgIpc) is 2.26. The van der Waals surface area contributed by atoms with E-state index in [4.69, 9.17) is 5.26 Å². The standard InChI is InChI=1S/C15H23N3/c1-6-14(7-8-16)18-13(5)15-10(2)9-11(3)17-12(15)4/h9,13-14,18H,6-7H2,1-5H3. The molecule has 0 bridgehead atoms. The molecule has 18 heavy (non-hydrogen) atoms. The SMILES string of the molecule is CCC(CC#N)NC(C)c1c(C)cc(C)nc1C. The van der Waals surface area contributed by atoms with Crippen molar-refractivity contribution in [3.05, 3.63) is 28.6 Å². The van der Waals surface area contributed by atoms with Gasteiger partial charge in [0.1, 0.15) is 0 Å². The van der Waals surface area contributed by atoms with E-state index in [1.54, 1.807) is 0 Å². The summed E-state index contributed by atoms with van der Waals surface area (Å²) in [5, 5.41) is 12.3. The second-order valence-electron chi connectivity index (χ2n) is 4.94. The number of pyridine rings is 1. The molecule has 1 aromatic rings. The van der Waals surface area contributed by atoms with Crippen molar-refractivity contribution in [1.29, 1.82) is 5.26 Å². The molecule has 0 aliphatic carbocycles. The van der Waals surface area contributed by atoms with Gasteiger partial charge in [0, 0.05) is 23.5 Å². The van der Waals surface area contributed by atoms with Gasteiger partial charge < -0.3 is 5.32 Å². The molecule has 0 spiro atoms. The number of hydrogen-bond donors (Lipinski definition) is 1. The normalized spacial score (nSPS) is 14.0. The smallest absolute Gasteiger partial charge is 0.0638 e. The first-order chi connectivity index (χ1) is 8.49. The van der Waals surface area contributed by atoms with E-state index in [2.05, 4.69) is 50.1 Å². The van der Waals surface area contributed by atoms with Crippen LogP contribution in [0.15, 0.2) is 6.07 Å². The van der Waals surface area contributed by atoms with E-state index in [0.717, 1.165) is 17.8 Å². The fraction of sp³-hybridized carbons (Fsp3) is 0.600. The van der Waals surface area contributed by atoms with Crippen LogP contribution in [-0.4, -0.2) is 11.0 Å². The topological polar surface area (TPSA) is 48.7 Å². The molecule has 1 heterocycles. The Morgan fingerprint density at radius 2 is 2.06 bits per heavy atom. The molecule has 0 saturated carbocycles. The van der Waals surface area contributed by atoms with Gasteiger partial charge in [-0.2, -0.15) is 5.26 Å². The molecule has 1 N–H and O–H groups in total. The highest BCUT2D eigenvalue weighted by Gasteiger charge is 2.16. The first kappa shape index (κ1) is 14.7. The van der Waals surface area contributed by atoms with Gasteiger partial charge in [-0.3, -0.25) is 4.98 Å². The minimum atomic E-state index is 0.233. The molecule has 0 radical (unpaired) electrons. The van der Waals surface area contributed by atoms with Crippen molar-refractivity contribution in [2.24, 2.45) is 0 Å². The molecular formula is C15H23N3. The van der Waals surface area contributed by atoms with Gasteiger partial charge in [0.05, 0.1) is 12.5 Å². The van der Waals surface area contributed by atoms with E-state index >= 15 is 0 Å². The monoisotopic (exact) mass is 245 g/mol. The molecule has 1 aromatic heterocycles. The summed E-state index contributed by atoms with van der Waals surface area (Å²) < 4.78 is 0. The fourth-order valence-corrected chi connectivity index (χ4v) is 2.56. The molecule has 3 nitrogen and oxygen atoms in total. The minimum absolute atomic E-state index is 0.233. The highest BCUT2D eigenvalue weighted by Crippen LogP contribution is 2.22. The Hall–Kier alpha value is -1.40. The van der Waals surface area contributed by atoms with Crippen LogP contribution in [0.4, 0.5) is 0 Å². The van der Waals surface area contributed by atoms with E-state index in [-0.39, 0.29) is 12.1 Å². The van der Waals surface area contributed by atoms with Crippen molar-refractivity contribution in [3.63, 3.8) is 0 Å². The lowest BCUT2D eigenvalue weighted by atomic mass is 9.99. The van der Waals surface area contributed by atoms with Crippen molar-refractivity contribution in [3.8, 4) is 6.07 Å². The molecular weight excluding hydrogens is 222 g/mol. The Kier molecular flexibility index (Phi) is 5.30. The quantitative estimate of drug-likeness (QED) is 0.865. The summed E-state index contributed by atoms with van der Waals surface area (Å²) in [5.41, 5.74) is 4.67. The summed E-state index contributed by atoms with van der Waals surface area (Å²) in [6.45, 7) is 10.5. The summed E-state index contributed by atoms with van der Waals surface area (Å²) in [6, 6.07) is 4.84. The lowest BCUT2D eigenvalue weighted by Gasteiger charge is -2.23. The molecule has 0 saturated heterocycles. The van der Waals surface area contributed by atoms with Crippen LogP contribution in [0.1, 0.15) is 55.2 Å². The third-order valence-corrected chi connectivity index (χ3v) is 3.33. The number of aromatic nitrogens is 1. The fourth-order valence-electron chi connectivity index (χ4n) is 2.56. The summed E-state index contributed by atoms with van der Waals surface area (Å²) in [5.74, 6) is 0. The summed E-state index contributed by atoms with van der Waals surface area (Å²) in [7, 11) is 0. The number of nitriles is 1. The zero-order valence-electron chi connectivity index (χ0n) is 12.0. The Morgan fingerprint density at radius 3 is 2.56 bits per heavy atom. The van der Waals surface area contributed by atoms with Gasteiger partial charge in [0.2, 0.25) is 0 Å². The third-order valence-electron chi connectivity index (χ3n) is 3.33. The highest BCUT2D eigenvalue weighted by molar-refractivity contribution is 5.33. The van der Waals surface area contributed by atoms with Crippen LogP contribution in [0.5, 0.6) is 0 Å². The van der Waals surface area contributed by atoms with Gasteiger partial charge in [0.25, 0.3) is 0 Å². The van der Waals surface area contributed by atoms with Crippen molar-refractivity contribution >= 4 is 0 Å². The highest BCUT2D eigenvalue weighted by atomic mass is 14.9. The van der Waals surface area contributed by atoms with E-state index < -0.39 is 0 Å².